The van der Waals surface area contributed by atoms with Crippen molar-refractivity contribution in [2.24, 2.45) is 0 Å². The number of nitrogens with one attached hydrogen (secondary N) is 1. The third kappa shape index (κ3) is 5.32. The maximum Gasteiger partial charge on any atom is 0.344 e. The summed E-state index contributed by atoms with van der Waals surface area (Å²) in [6, 6.07) is 8.85. The second kappa shape index (κ2) is 9.52. The van der Waals surface area contributed by atoms with Crippen molar-refractivity contribution in [2.75, 3.05) is 32.8 Å². The standard InChI is InChI=1S/C21H22ClNO6/c1-26-18-10-17(19(27-2)9-16(18)22)23-20(24)11-29-21(25)12-28-15-7-6-13-4-3-5-14(13)8-15/h6-10H,3-5,11-12H2,1-2H3,(H,23,24). The van der Waals surface area contributed by atoms with Gasteiger partial charge in [-0.3, -0.25) is 4.79 Å². The molecule has 0 saturated heterocycles. The van der Waals surface area contributed by atoms with Crippen LogP contribution in [-0.4, -0.2) is 39.3 Å². The molecule has 0 spiro atoms. The molecular weight excluding hydrogens is 398 g/mol. The van der Waals surface area contributed by atoms with Crippen LogP contribution in [0, 0.1) is 0 Å². The molecule has 0 saturated carbocycles. The number of benzene rings is 2. The van der Waals surface area contributed by atoms with Gasteiger partial charge in [-0.25, -0.2) is 4.79 Å². The first-order chi connectivity index (χ1) is 14.0. The summed E-state index contributed by atoms with van der Waals surface area (Å²) in [5.41, 5.74) is 2.93. The van der Waals surface area contributed by atoms with Gasteiger partial charge in [0.25, 0.3) is 5.91 Å². The van der Waals surface area contributed by atoms with Crippen LogP contribution in [-0.2, 0) is 27.2 Å². The molecule has 3 rings (SSSR count). The van der Waals surface area contributed by atoms with Crippen molar-refractivity contribution in [2.45, 2.75) is 19.3 Å². The molecule has 0 unspecified atom stereocenters. The highest BCUT2D eigenvalue weighted by Gasteiger charge is 2.15. The number of hydrogen-bond acceptors (Lipinski definition) is 6. The van der Waals surface area contributed by atoms with Gasteiger partial charge < -0.3 is 24.3 Å². The number of rotatable bonds is 8. The summed E-state index contributed by atoms with van der Waals surface area (Å²) in [7, 11) is 2.91. The summed E-state index contributed by atoms with van der Waals surface area (Å²) in [6.45, 7) is -0.732. The smallest absolute Gasteiger partial charge is 0.344 e. The molecule has 0 fully saturated rings. The van der Waals surface area contributed by atoms with Crippen LogP contribution in [0.5, 0.6) is 17.2 Å². The van der Waals surface area contributed by atoms with Crippen LogP contribution >= 0.6 is 11.6 Å². The Hall–Kier alpha value is -2.93. The Balaban J connectivity index is 1.48. The van der Waals surface area contributed by atoms with E-state index < -0.39 is 18.5 Å². The fourth-order valence-electron chi connectivity index (χ4n) is 3.11. The molecule has 2 aromatic rings. The zero-order chi connectivity index (χ0) is 20.8. The predicted octanol–water partition coefficient (Wildman–Crippen LogP) is 3.41. The molecule has 2 aromatic carbocycles. The molecule has 154 valence electrons. The SMILES string of the molecule is COc1cc(NC(=O)COC(=O)COc2ccc3c(c2)CCC3)c(OC)cc1Cl. The lowest BCUT2D eigenvalue weighted by molar-refractivity contribution is -0.149. The summed E-state index contributed by atoms with van der Waals surface area (Å²) in [5, 5.41) is 2.95. The Kier molecular flexibility index (Phi) is 6.82. The van der Waals surface area contributed by atoms with E-state index in [9.17, 15) is 9.59 Å². The van der Waals surface area contributed by atoms with Gasteiger partial charge in [0, 0.05) is 12.1 Å². The number of ether oxygens (including phenoxy) is 4. The zero-order valence-electron chi connectivity index (χ0n) is 16.2. The molecule has 0 aliphatic heterocycles. The average Bonchev–Trinajstić information content (AvgIpc) is 3.19. The maximum absolute atomic E-state index is 12.1. The van der Waals surface area contributed by atoms with E-state index in [-0.39, 0.29) is 6.61 Å². The van der Waals surface area contributed by atoms with E-state index in [1.54, 1.807) is 0 Å². The number of esters is 1. The van der Waals surface area contributed by atoms with Crippen molar-refractivity contribution in [3.8, 4) is 17.2 Å². The number of methoxy groups -OCH3 is 2. The summed E-state index contributed by atoms with van der Waals surface area (Å²) < 4.78 is 20.8. The first-order valence-electron chi connectivity index (χ1n) is 9.11. The van der Waals surface area contributed by atoms with Gasteiger partial charge in [0.15, 0.2) is 13.2 Å². The van der Waals surface area contributed by atoms with Crippen LogP contribution in [0.15, 0.2) is 30.3 Å². The first kappa shape index (κ1) is 20.8. The molecule has 0 radical (unpaired) electrons. The van der Waals surface area contributed by atoms with Crippen molar-refractivity contribution in [1.29, 1.82) is 0 Å². The predicted molar refractivity (Wildman–Crippen MR) is 108 cm³/mol. The van der Waals surface area contributed by atoms with Gasteiger partial charge in [-0.05, 0) is 42.5 Å². The molecule has 0 bridgehead atoms. The molecule has 1 aliphatic rings. The topological polar surface area (TPSA) is 83.1 Å². The number of amides is 1. The van der Waals surface area contributed by atoms with Crippen LogP contribution in [0.3, 0.4) is 0 Å². The van der Waals surface area contributed by atoms with Crippen molar-refractivity contribution >= 4 is 29.2 Å². The monoisotopic (exact) mass is 419 g/mol. The number of hydrogen-bond donors (Lipinski definition) is 1. The second-order valence-electron chi connectivity index (χ2n) is 6.47. The summed E-state index contributed by atoms with van der Waals surface area (Å²) >= 11 is 6.03. The summed E-state index contributed by atoms with van der Waals surface area (Å²) in [4.78, 5) is 24.0. The van der Waals surface area contributed by atoms with Gasteiger partial charge >= 0.3 is 5.97 Å². The largest absolute Gasteiger partial charge is 0.495 e. The molecule has 1 amide bonds. The Bertz CT molecular complexity index is 914. The average molecular weight is 420 g/mol. The van der Waals surface area contributed by atoms with Crippen LogP contribution in [0.1, 0.15) is 17.5 Å². The number of halogens is 1. The lowest BCUT2D eigenvalue weighted by Crippen LogP contribution is -2.24. The molecule has 0 heterocycles. The van der Waals surface area contributed by atoms with Gasteiger partial charge in [0.2, 0.25) is 0 Å². The van der Waals surface area contributed by atoms with E-state index in [0.29, 0.717) is 28.0 Å². The fraction of sp³-hybridized carbons (Fsp3) is 0.333. The highest BCUT2D eigenvalue weighted by atomic mass is 35.5. The molecule has 1 N–H and O–H groups in total. The normalized spacial score (nSPS) is 12.1. The van der Waals surface area contributed by atoms with E-state index >= 15 is 0 Å². The van der Waals surface area contributed by atoms with Gasteiger partial charge in [-0.2, -0.15) is 0 Å². The van der Waals surface area contributed by atoms with Crippen LogP contribution in [0.4, 0.5) is 5.69 Å². The molecule has 29 heavy (non-hydrogen) atoms. The van der Waals surface area contributed by atoms with E-state index in [4.69, 9.17) is 30.5 Å². The van der Waals surface area contributed by atoms with E-state index in [0.717, 1.165) is 19.3 Å². The Morgan fingerprint density at radius 1 is 1.00 bits per heavy atom. The van der Waals surface area contributed by atoms with Crippen LogP contribution in [0.25, 0.3) is 0 Å². The molecule has 8 heteroatoms. The van der Waals surface area contributed by atoms with Gasteiger partial charge in [0.1, 0.15) is 17.2 Å². The third-order valence-electron chi connectivity index (χ3n) is 4.54. The summed E-state index contributed by atoms with van der Waals surface area (Å²) in [6.07, 6.45) is 3.24. The minimum atomic E-state index is -0.638. The maximum atomic E-state index is 12.1. The molecule has 0 atom stereocenters. The number of carbonyl (C=O) groups is 2. The highest BCUT2D eigenvalue weighted by Crippen LogP contribution is 2.35. The molecule has 1 aliphatic carbocycles. The lowest BCUT2D eigenvalue weighted by atomic mass is 10.1. The minimum Gasteiger partial charge on any atom is -0.495 e. The van der Waals surface area contributed by atoms with E-state index in [2.05, 4.69) is 5.32 Å². The van der Waals surface area contributed by atoms with E-state index in [1.165, 1.54) is 37.5 Å². The third-order valence-corrected chi connectivity index (χ3v) is 4.83. The fourth-order valence-corrected chi connectivity index (χ4v) is 3.34. The summed E-state index contributed by atoms with van der Waals surface area (Å²) in [5.74, 6) is 0.183. The van der Waals surface area contributed by atoms with Gasteiger partial charge in [-0.1, -0.05) is 17.7 Å². The van der Waals surface area contributed by atoms with Crippen molar-refractivity contribution in [1.82, 2.24) is 0 Å². The molecular formula is C21H22ClNO6. The number of aryl methyl sites for hydroxylation is 2. The quantitative estimate of drug-likeness (QED) is 0.660. The highest BCUT2D eigenvalue weighted by molar-refractivity contribution is 6.32. The minimum absolute atomic E-state index is 0.274. The number of carbonyl (C=O) groups excluding carboxylic acids is 2. The Morgan fingerprint density at radius 3 is 2.52 bits per heavy atom. The van der Waals surface area contributed by atoms with Crippen molar-refractivity contribution < 1.29 is 28.5 Å². The van der Waals surface area contributed by atoms with Gasteiger partial charge in [0.05, 0.1) is 24.9 Å². The van der Waals surface area contributed by atoms with Gasteiger partial charge in [-0.15, -0.1) is 0 Å². The van der Waals surface area contributed by atoms with Crippen LogP contribution in [0.2, 0.25) is 5.02 Å². The number of fused-ring (bicyclic) bond motifs is 1. The second-order valence-corrected chi connectivity index (χ2v) is 6.88. The lowest BCUT2D eigenvalue weighted by Gasteiger charge is -2.13. The van der Waals surface area contributed by atoms with Crippen molar-refractivity contribution in [3.05, 3.63) is 46.5 Å². The van der Waals surface area contributed by atoms with Crippen LogP contribution < -0.4 is 19.5 Å². The molecule has 0 aromatic heterocycles. The van der Waals surface area contributed by atoms with E-state index in [1.807, 2.05) is 18.2 Å². The first-order valence-corrected chi connectivity index (χ1v) is 9.49. The Labute approximate surface area is 173 Å². The molecule has 7 nitrogen and oxygen atoms in total. The zero-order valence-corrected chi connectivity index (χ0v) is 17.0. The van der Waals surface area contributed by atoms with Crippen molar-refractivity contribution in [3.63, 3.8) is 0 Å². The Morgan fingerprint density at radius 2 is 1.76 bits per heavy atom. The number of anilines is 1.